The van der Waals surface area contributed by atoms with E-state index < -0.39 is 0 Å². The van der Waals surface area contributed by atoms with Crippen molar-refractivity contribution < 1.29 is 4.79 Å². The van der Waals surface area contributed by atoms with Crippen LogP contribution < -0.4 is 5.32 Å². The third-order valence-corrected chi connectivity index (χ3v) is 4.16. The number of pyridine rings is 1. The summed E-state index contributed by atoms with van der Waals surface area (Å²) >= 11 is 0. The van der Waals surface area contributed by atoms with E-state index >= 15 is 0 Å². The van der Waals surface area contributed by atoms with Gasteiger partial charge in [0.2, 0.25) is 0 Å². The fourth-order valence-corrected chi connectivity index (χ4v) is 3.02. The molecule has 0 bridgehead atoms. The molecule has 3 aromatic rings. The molecule has 5 nitrogen and oxygen atoms in total. The van der Waals surface area contributed by atoms with Crippen LogP contribution in [0.5, 0.6) is 0 Å². The Morgan fingerprint density at radius 2 is 2.14 bits per heavy atom. The van der Waals surface area contributed by atoms with Gasteiger partial charge in [0.25, 0.3) is 5.91 Å². The summed E-state index contributed by atoms with van der Waals surface area (Å²) in [6, 6.07) is 7.78. The molecule has 110 valence electrons. The van der Waals surface area contributed by atoms with Crippen molar-refractivity contribution in [2.75, 3.05) is 5.32 Å². The summed E-state index contributed by atoms with van der Waals surface area (Å²) in [5, 5.41) is 9.33. The van der Waals surface area contributed by atoms with Gasteiger partial charge in [-0.1, -0.05) is 12.1 Å². The van der Waals surface area contributed by atoms with E-state index in [0.717, 1.165) is 48.0 Å². The lowest BCUT2D eigenvalue weighted by Crippen LogP contribution is -2.17. The maximum Gasteiger partial charge on any atom is 0.259 e. The van der Waals surface area contributed by atoms with E-state index in [1.54, 1.807) is 18.6 Å². The van der Waals surface area contributed by atoms with Gasteiger partial charge in [0.05, 0.1) is 23.1 Å². The number of fused-ring (bicyclic) bond motifs is 2. The average molecular weight is 292 g/mol. The van der Waals surface area contributed by atoms with Crippen molar-refractivity contribution in [3.63, 3.8) is 0 Å². The Morgan fingerprint density at radius 1 is 1.18 bits per heavy atom. The smallest absolute Gasteiger partial charge is 0.259 e. The van der Waals surface area contributed by atoms with E-state index in [1.807, 2.05) is 28.9 Å². The minimum Gasteiger partial charge on any atom is -0.321 e. The average Bonchev–Trinajstić information content (AvgIpc) is 2.99. The number of carbonyl (C=O) groups excluding carboxylic acids is 1. The molecule has 0 fully saturated rings. The summed E-state index contributed by atoms with van der Waals surface area (Å²) in [7, 11) is 0. The summed E-state index contributed by atoms with van der Waals surface area (Å²) in [4.78, 5) is 16.8. The molecule has 1 aliphatic heterocycles. The van der Waals surface area contributed by atoms with Gasteiger partial charge in [-0.25, -0.2) is 0 Å². The molecular weight excluding hydrogens is 276 g/mol. The molecule has 1 amide bonds. The second-order valence-electron chi connectivity index (χ2n) is 5.54. The first-order valence-electron chi connectivity index (χ1n) is 7.52. The third kappa shape index (κ3) is 2.15. The molecule has 2 aromatic heterocycles. The van der Waals surface area contributed by atoms with Crippen LogP contribution >= 0.6 is 0 Å². The van der Waals surface area contributed by atoms with Gasteiger partial charge in [0.1, 0.15) is 0 Å². The zero-order valence-electron chi connectivity index (χ0n) is 12.1. The van der Waals surface area contributed by atoms with Crippen molar-refractivity contribution >= 4 is 22.4 Å². The first-order chi connectivity index (χ1) is 10.8. The zero-order valence-corrected chi connectivity index (χ0v) is 12.1. The SMILES string of the molecule is O=C(Nc1cccc2ccncc12)c1cnn2c1CCCC2. The summed E-state index contributed by atoms with van der Waals surface area (Å²) in [6.07, 6.45) is 8.37. The van der Waals surface area contributed by atoms with Crippen LogP contribution in [0.25, 0.3) is 10.8 Å². The Hall–Kier alpha value is -2.69. The fourth-order valence-electron chi connectivity index (χ4n) is 3.02. The number of hydrogen-bond donors (Lipinski definition) is 1. The van der Waals surface area contributed by atoms with Gasteiger partial charge in [-0.3, -0.25) is 14.5 Å². The Balaban J connectivity index is 1.68. The Bertz CT molecular complexity index is 847. The van der Waals surface area contributed by atoms with Crippen LogP contribution in [-0.2, 0) is 13.0 Å². The minimum atomic E-state index is -0.0977. The number of aromatic nitrogens is 3. The number of hydrogen-bond acceptors (Lipinski definition) is 3. The topological polar surface area (TPSA) is 59.8 Å². The van der Waals surface area contributed by atoms with Crippen LogP contribution in [0.2, 0.25) is 0 Å². The zero-order chi connectivity index (χ0) is 14.9. The summed E-state index contributed by atoms with van der Waals surface area (Å²) < 4.78 is 1.95. The highest BCUT2D eigenvalue weighted by atomic mass is 16.1. The molecule has 0 saturated heterocycles. The molecule has 0 unspecified atom stereocenters. The second-order valence-corrected chi connectivity index (χ2v) is 5.54. The van der Waals surface area contributed by atoms with E-state index in [2.05, 4.69) is 15.4 Å². The normalized spacial score (nSPS) is 13.8. The highest BCUT2D eigenvalue weighted by molar-refractivity contribution is 6.09. The maximum absolute atomic E-state index is 12.6. The highest BCUT2D eigenvalue weighted by Crippen LogP contribution is 2.24. The lowest BCUT2D eigenvalue weighted by Gasteiger charge is -2.14. The molecule has 5 heteroatoms. The lowest BCUT2D eigenvalue weighted by atomic mass is 10.1. The number of amides is 1. The van der Waals surface area contributed by atoms with Gasteiger partial charge in [0.15, 0.2) is 0 Å². The molecule has 0 radical (unpaired) electrons. The van der Waals surface area contributed by atoms with E-state index in [9.17, 15) is 4.79 Å². The Kier molecular flexibility index (Phi) is 3.11. The molecule has 0 spiro atoms. The quantitative estimate of drug-likeness (QED) is 0.790. The summed E-state index contributed by atoms with van der Waals surface area (Å²) in [6.45, 7) is 0.904. The van der Waals surface area contributed by atoms with E-state index in [1.165, 1.54) is 0 Å². The number of aryl methyl sites for hydroxylation is 1. The van der Waals surface area contributed by atoms with Crippen LogP contribution in [0.3, 0.4) is 0 Å². The molecule has 22 heavy (non-hydrogen) atoms. The van der Waals surface area contributed by atoms with Gasteiger partial charge in [-0.05, 0) is 36.8 Å². The summed E-state index contributed by atoms with van der Waals surface area (Å²) in [5.41, 5.74) is 2.51. The van der Waals surface area contributed by atoms with Crippen molar-refractivity contribution in [2.45, 2.75) is 25.8 Å². The minimum absolute atomic E-state index is 0.0977. The Labute approximate surface area is 128 Å². The number of nitrogens with zero attached hydrogens (tertiary/aromatic N) is 3. The molecule has 1 aliphatic rings. The van der Waals surface area contributed by atoms with Crippen molar-refractivity contribution in [3.8, 4) is 0 Å². The molecule has 0 saturated carbocycles. The number of rotatable bonds is 2. The van der Waals surface area contributed by atoms with Crippen molar-refractivity contribution in [2.24, 2.45) is 0 Å². The number of anilines is 1. The molecule has 0 aliphatic carbocycles. The highest BCUT2D eigenvalue weighted by Gasteiger charge is 2.20. The van der Waals surface area contributed by atoms with Gasteiger partial charge in [0, 0.05) is 24.3 Å². The van der Waals surface area contributed by atoms with Crippen LogP contribution in [-0.4, -0.2) is 20.7 Å². The predicted octanol–water partition coefficient (Wildman–Crippen LogP) is 3.02. The van der Waals surface area contributed by atoms with Crippen molar-refractivity contribution in [3.05, 3.63) is 54.1 Å². The monoisotopic (exact) mass is 292 g/mol. The molecule has 4 rings (SSSR count). The van der Waals surface area contributed by atoms with Crippen LogP contribution in [0, 0.1) is 0 Å². The number of nitrogens with one attached hydrogen (secondary N) is 1. The van der Waals surface area contributed by atoms with Crippen LogP contribution in [0.15, 0.2) is 42.9 Å². The van der Waals surface area contributed by atoms with Gasteiger partial charge >= 0.3 is 0 Å². The van der Waals surface area contributed by atoms with Crippen LogP contribution in [0.4, 0.5) is 5.69 Å². The first kappa shape index (κ1) is 13.0. The largest absolute Gasteiger partial charge is 0.321 e. The maximum atomic E-state index is 12.6. The van der Waals surface area contributed by atoms with E-state index in [-0.39, 0.29) is 5.91 Å². The van der Waals surface area contributed by atoms with Gasteiger partial charge in [-0.15, -0.1) is 0 Å². The van der Waals surface area contributed by atoms with Gasteiger partial charge < -0.3 is 5.32 Å². The van der Waals surface area contributed by atoms with E-state index in [4.69, 9.17) is 0 Å². The fraction of sp³-hybridized carbons (Fsp3) is 0.235. The number of carbonyl (C=O) groups is 1. The molecule has 0 atom stereocenters. The van der Waals surface area contributed by atoms with Crippen LogP contribution in [0.1, 0.15) is 28.9 Å². The molecule has 1 aromatic carbocycles. The summed E-state index contributed by atoms with van der Waals surface area (Å²) in [5.74, 6) is -0.0977. The van der Waals surface area contributed by atoms with E-state index in [0.29, 0.717) is 5.56 Å². The van der Waals surface area contributed by atoms with Gasteiger partial charge in [-0.2, -0.15) is 5.10 Å². The van der Waals surface area contributed by atoms with Crippen molar-refractivity contribution in [1.29, 1.82) is 0 Å². The molecule has 3 heterocycles. The number of benzene rings is 1. The van der Waals surface area contributed by atoms with Crippen molar-refractivity contribution in [1.82, 2.24) is 14.8 Å². The predicted molar refractivity (Wildman–Crippen MR) is 84.9 cm³/mol. The standard InChI is InChI=1S/C17H16N4O/c22-17(14-11-19-21-9-2-1-6-16(14)21)20-15-5-3-4-12-7-8-18-10-13(12)15/h3-5,7-8,10-11H,1-2,6,9H2,(H,20,22). The first-order valence-corrected chi connectivity index (χ1v) is 7.52. The lowest BCUT2D eigenvalue weighted by molar-refractivity contribution is 0.102. The second kappa shape index (κ2) is 5.26. The molecule has 1 N–H and O–H groups in total. The Morgan fingerprint density at radius 3 is 3.09 bits per heavy atom. The third-order valence-electron chi connectivity index (χ3n) is 4.16. The molecular formula is C17H16N4O.